The molecule has 2 aliphatic carbocycles. The molecule has 0 spiro atoms. The maximum atomic E-state index is 15.2. The number of hydrogen-bond acceptors (Lipinski definition) is 1. The Morgan fingerprint density at radius 2 is 1.54 bits per heavy atom. The van der Waals surface area contributed by atoms with Gasteiger partial charge in [0.1, 0.15) is 18.2 Å². The molecule has 0 radical (unpaired) electrons. The van der Waals surface area contributed by atoms with E-state index in [2.05, 4.69) is 13.0 Å². The quantitative estimate of drug-likeness (QED) is 0.230. The van der Waals surface area contributed by atoms with Crippen LogP contribution < -0.4 is 4.74 Å². The number of rotatable bonds is 11. The van der Waals surface area contributed by atoms with Gasteiger partial charge in [-0.2, -0.15) is 0 Å². The molecule has 2 heteroatoms. The fourth-order valence-electron chi connectivity index (χ4n) is 6.78. The van der Waals surface area contributed by atoms with Crippen LogP contribution in [0.5, 0.6) is 5.75 Å². The Morgan fingerprint density at radius 1 is 0.857 bits per heavy atom. The molecule has 2 aliphatic rings. The van der Waals surface area contributed by atoms with Gasteiger partial charge in [-0.05, 0) is 98.3 Å². The lowest BCUT2D eigenvalue weighted by molar-refractivity contribution is 0.140. The van der Waals surface area contributed by atoms with E-state index >= 15 is 4.39 Å². The zero-order chi connectivity index (χ0) is 24.5. The zero-order valence-corrected chi connectivity index (χ0v) is 22.2. The molecule has 1 nitrogen and oxygen atoms in total. The molecular formula is C33H47FO. The average Bonchev–Trinajstić information content (AvgIpc) is 2.89. The molecule has 2 saturated carbocycles. The van der Waals surface area contributed by atoms with Crippen molar-refractivity contribution in [3.8, 4) is 5.75 Å². The van der Waals surface area contributed by atoms with Crippen LogP contribution in [0.25, 0.3) is 10.8 Å². The van der Waals surface area contributed by atoms with Crippen LogP contribution in [0.2, 0.25) is 0 Å². The molecule has 4 rings (SSSR count). The third kappa shape index (κ3) is 7.34. The van der Waals surface area contributed by atoms with Crippen molar-refractivity contribution in [3.63, 3.8) is 0 Å². The van der Waals surface area contributed by atoms with E-state index in [0.717, 1.165) is 58.6 Å². The van der Waals surface area contributed by atoms with Gasteiger partial charge in [-0.15, -0.1) is 0 Å². The predicted molar refractivity (Wildman–Crippen MR) is 148 cm³/mol. The summed E-state index contributed by atoms with van der Waals surface area (Å²) in [5.41, 5.74) is 0.878. The Morgan fingerprint density at radius 3 is 2.20 bits per heavy atom. The zero-order valence-electron chi connectivity index (χ0n) is 22.2. The van der Waals surface area contributed by atoms with E-state index in [9.17, 15) is 0 Å². The van der Waals surface area contributed by atoms with Crippen molar-refractivity contribution in [2.45, 2.75) is 104 Å². The van der Waals surface area contributed by atoms with Crippen LogP contribution in [-0.2, 0) is 6.42 Å². The second kappa shape index (κ2) is 13.5. The molecule has 2 aromatic rings. The molecule has 0 amide bonds. The van der Waals surface area contributed by atoms with Gasteiger partial charge in [-0.25, -0.2) is 4.39 Å². The number of fused-ring (bicyclic) bond motifs is 1. The standard InChI is InChI=1S/C33H47FO/c1-3-5-7-8-25-9-14-27(15-10-25)28-16-11-26(12-17-28)13-18-29-19-20-30-24-31(35-23-6-4-2)21-22-32(30)33(29)34/h4,6,19-22,24-28H,3,5,7-18,23H2,1-2H3. The van der Waals surface area contributed by atoms with Crippen LogP contribution in [-0.4, -0.2) is 6.61 Å². The lowest BCUT2D eigenvalue weighted by Crippen LogP contribution is -2.26. The number of unbranched alkanes of at least 4 members (excludes halogenated alkanes) is 2. The Bertz CT molecular complexity index is 932. The van der Waals surface area contributed by atoms with E-state index in [4.69, 9.17) is 4.74 Å². The van der Waals surface area contributed by atoms with Crippen LogP contribution in [0, 0.1) is 29.5 Å². The normalized spacial score (nSPS) is 25.3. The van der Waals surface area contributed by atoms with Crippen LogP contribution in [0.15, 0.2) is 42.5 Å². The molecule has 0 atom stereocenters. The van der Waals surface area contributed by atoms with Gasteiger partial charge in [0.25, 0.3) is 0 Å². The van der Waals surface area contributed by atoms with Crippen LogP contribution in [0.4, 0.5) is 4.39 Å². The summed E-state index contributed by atoms with van der Waals surface area (Å²) in [7, 11) is 0. The maximum Gasteiger partial charge on any atom is 0.134 e. The number of hydrogen-bond donors (Lipinski definition) is 0. The molecular weight excluding hydrogens is 431 g/mol. The van der Waals surface area contributed by atoms with Crippen molar-refractivity contribution in [2.24, 2.45) is 23.7 Å². The Labute approximate surface area is 213 Å². The third-order valence-electron chi connectivity index (χ3n) is 9.07. The van der Waals surface area contributed by atoms with Gasteiger partial charge in [0.2, 0.25) is 0 Å². The van der Waals surface area contributed by atoms with Gasteiger partial charge in [-0.1, -0.05) is 82.6 Å². The summed E-state index contributed by atoms with van der Waals surface area (Å²) < 4.78 is 21.0. The van der Waals surface area contributed by atoms with Crippen LogP contribution >= 0.6 is 0 Å². The largest absolute Gasteiger partial charge is 0.490 e. The van der Waals surface area contributed by atoms with Crippen molar-refractivity contribution in [1.29, 1.82) is 0 Å². The van der Waals surface area contributed by atoms with Crippen molar-refractivity contribution < 1.29 is 9.13 Å². The molecule has 2 aromatic carbocycles. The first-order valence-electron chi connectivity index (χ1n) is 14.6. The van der Waals surface area contributed by atoms with E-state index in [-0.39, 0.29) is 5.82 Å². The second-order valence-electron chi connectivity index (χ2n) is 11.4. The van der Waals surface area contributed by atoms with Crippen LogP contribution in [0.1, 0.15) is 103 Å². The van der Waals surface area contributed by atoms with Crippen molar-refractivity contribution in [1.82, 2.24) is 0 Å². The van der Waals surface area contributed by atoms with Crippen molar-refractivity contribution in [3.05, 3.63) is 53.9 Å². The lowest BCUT2D eigenvalue weighted by Gasteiger charge is -2.38. The number of benzene rings is 2. The molecule has 35 heavy (non-hydrogen) atoms. The summed E-state index contributed by atoms with van der Waals surface area (Å²) >= 11 is 0. The number of halogens is 1. The molecule has 2 fully saturated rings. The number of allylic oxidation sites excluding steroid dienone is 1. The van der Waals surface area contributed by atoms with Gasteiger partial charge < -0.3 is 4.74 Å². The molecule has 0 aliphatic heterocycles. The van der Waals surface area contributed by atoms with E-state index in [1.807, 2.05) is 43.3 Å². The van der Waals surface area contributed by atoms with Crippen molar-refractivity contribution >= 4 is 10.8 Å². The predicted octanol–water partition coefficient (Wildman–Crippen LogP) is 10.1. The fraction of sp³-hybridized carbons (Fsp3) is 0.636. The number of aryl methyl sites for hydroxylation is 1. The van der Waals surface area contributed by atoms with Crippen LogP contribution in [0.3, 0.4) is 0 Å². The van der Waals surface area contributed by atoms with E-state index in [1.54, 1.807) is 0 Å². The summed E-state index contributed by atoms with van der Waals surface area (Å²) in [6.07, 6.45) is 23.1. The van der Waals surface area contributed by atoms with Gasteiger partial charge in [0.05, 0.1) is 0 Å². The molecule has 0 N–H and O–H groups in total. The summed E-state index contributed by atoms with van der Waals surface area (Å²) in [4.78, 5) is 0. The minimum absolute atomic E-state index is 0.0353. The minimum atomic E-state index is -0.0353. The monoisotopic (exact) mass is 478 g/mol. The van der Waals surface area contributed by atoms with E-state index in [1.165, 1.54) is 77.0 Å². The van der Waals surface area contributed by atoms with Gasteiger partial charge >= 0.3 is 0 Å². The molecule has 192 valence electrons. The summed E-state index contributed by atoms with van der Waals surface area (Å²) in [6, 6.07) is 9.77. The highest BCUT2D eigenvalue weighted by molar-refractivity contribution is 5.85. The minimum Gasteiger partial charge on any atom is -0.490 e. The first-order chi connectivity index (χ1) is 17.2. The second-order valence-corrected chi connectivity index (χ2v) is 11.4. The first kappa shape index (κ1) is 26.2. The fourth-order valence-corrected chi connectivity index (χ4v) is 6.78. The summed E-state index contributed by atoms with van der Waals surface area (Å²) in [5, 5.41) is 1.64. The Hall–Kier alpha value is -1.83. The first-order valence-corrected chi connectivity index (χ1v) is 14.6. The molecule has 0 saturated heterocycles. The SMILES string of the molecule is CC=CCOc1ccc2c(F)c(CCC3CCC(C4CCC(CCCCC)CC4)CC3)ccc2c1. The Kier molecular flexibility index (Phi) is 10.1. The van der Waals surface area contributed by atoms with Crippen molar-refractivity contribution in [2.75, 3.05) is 6.61 Å². The summed E-state index contributed by atoms with van der Waals surface area (Å²) in [6.45, 7) is 4.84. The molecule has 0 heterocycles. The summed E-state index contributed by atoms with van der Waals surface area (Å²) in [5.74, 6) is 4.50. The highest BCUT2D eigenvalue weighted by Gasteiger charge is 2.30. The number of ether oxygens (including phenoxy) is 1. The average molecular weight is 479 g/mol. The Balaban J connectivity index is 1.22. The topological polar surface area (TPSA) is 9.23 Å². The lowest BCUT2D eigenvalue weighted by atomic mass is 9.68. The van der Waals surface area contributed by atoms with E-state index < -0.39 is 0 Å². The maximum absolute atomic E-state index is 15.2. The van der Waals surface area contributed by atoms with Gasteiger partial charge in [0.15, 0.2) is 0 Å². The highest BCUT2D eigenvalue weighted by atomic mass is 19.1. The smallest absolute Gasteiger partial charge is 0.134 e. The van der Waals surface area contributed by atoms with Gasteiger partial charge in [0, 0.05) is 5.39 Å². The third-order valence-corrected chi connectivity index (χ3v) is 9.07. The van der Waals surface area contributed by atoms with E-state index in [0.29, 0.717) is 6.61 Å². The molecule has 0 aromatic heterocycles. The van der Waals surface area contributed by atoms with Gasteiger partial charge in [-0.3, -0.25) is 0 Å². The highest BCUT2D eigenvalue weighted by Crippen LogP contribution is 2.43. The molecule has 0 bridgehead atoms. The molecule has 0 unspecified atom stereocenters.